The molecular formula is C32H52N4O6S2. The number of carbonyl (C=O) groups is 2. The molecular weight excluding hydrogens is 601 g/mol. The van der Waals surface area contributed by atoms with E-state index in [4.69, 9.17) is 4.74 Å². The van der Waals surface area contributed by atoms with E-state index in [2.05, 4.69) is 15.5 Å². The van der Waals surface area contributed by atoms with Crippen LogP contribution < -0.4 is 10.6 Å². The summed E-state index contributed by atoms with van der Waals surface area (Å²) in [5.41, 5.74) is -0.370. The van der Waals surface area contributed by atoms with Crippen molar-refractivity contribution < 1.29 is 27.9 Å². The first-order valence-corrected chi connectivity index (χ1v) is 18.7. The molecule has 0 bridgehead atoms. The summed E-state index contributed by atoms with van der Waals surface area (Å²) >= 11 is 1.53. The van der Waals surface area contributed by atoms with Crippen molar-refractivity contribution in [3.05, 3.63) is 30.3 Å². The van der Waals surface area contributed by atoms with Gasteiger partial charge in [-0.2, -0.15) is 4.31 Å². The Morgan fingerprint density at radius 1 is 1.09 bits per heavy atom. The second-order valence-electron chi connectivity index (χ2n) is 13.7. The minimum atomic E-state index is -3.63. The number of aliphatic hydroxyl groups excluding tert-OH is 1. The zero-order valence-corrected chi connectivity index (χ0v) is 28.4. The van der Waals surface area contributed by atoms with E-state index < -0.39 is 34.0 Å². The largest absolute Gasteiger partial charge is 0.390 e. The number of amides is 2. The third-order valence-electron chi connectivity index (χ3n) is 8.96. The lowest BCUT2D eigenvalue weighted by molar-refractivity contribution is -0.133. The Morgan fingerprint density at radius 3 is 2.41 bits per heavy atom. The Balaban J connectivity index is 1.48. The molecule has 0 spiro atoms. The number of morpholine rings is 1. The standard InChI is InChI=1S/C32H52N4O6S2/c1-23(22-44(40,41)36-14-16-42-17-15-36)30(38)33-27(21-43-26-12-6-5-7-13-26)29(37)20-35-19-25-11-9-8-10-24(25)18-28(35)31(39)34-32(2,3)4/h5-7,12-13,23-25,27-29,37H,8-11,14-22H2,1-4H3,(H,33,38)(H,34,39)/t23-,24+,25-,27+,28+,29-/m1/s1. The number of piperidine rings is 1. The SMILES string of the molecule is C[C@H](CS(=O)(=O)N1CCOCC1)C(=O)N[C@@H](CSc1ccccc1)[C@H](O)CN1C[C@H]2CCCC[C@H]2C[C@H]1C(=O)NC(C)(C)C. The zero-order valence-electron chi connectivity index (χ0n) is 26.7. The highest BCUT2D eigenvalue weighted by atomic mass is 32.2. The van der Waals surface area contributed by atoms with Gasteiger partial charge in [-0.15, -0.1) is 11.8 Å². The van der Waals surface area contributed by atoms with Gasteiger partial charge in [-0.05, 0) is 57.6 Å². The number of aliphatic hydroxyl groups is 1. The van der Waals surface area contributed by atoms with Gasteiger partial charge < -0.3 is 20.5 Å². The number of fused-ring (bicyclic) bond motifs is 1. The number of ether oxygens (including phenoxy) is 1. The van der Waals surface area contributed by atoms with Crippen LogP contribution >= 0.6 is 11.8 Å². The fourth-order valence-electron chi connectivity index (χ4n) is 6.59. The minimum absolute atomic E-state index is 0.0186. The lowest BCUT2D eigenvalue weighted by Crippen LogP contribution is -2.60. The number of carbonyl (C=O) groups excluding carboxylic acids is 2. The number of nitrogens with zero attached hydrogens (tertiary/aromatic N) is 2. The lowest BCUT2D eigenvalue weighted by Gasteiger charge is -2.47. The average Bonchev–Trinajstić information content (AvgIpc) is 2.98. The molecule has 0 unspecified atom stereocenters. The number of benzene rings is 1. The van der Waals surface area contributed by atoms with Crippen molar-refractivity contribution in [2.45, 2.75) is 88.4 Å². The first-order chi connectivity index (χ1) is 20.8. The molecule has 3 aliphatic rings. The fourth-order valence-corrected chi connectivity index (χ4v) is 9.32. The summed E-state index contributed by atoms with van der Waals surface area (Å²) in [4.78, 5) is 30.1. The molecule has 2 aliphatic heterocycles. The van der Waals surface area contributed by atoms with Crippen molar-refractivity contribution in [3.8, 4) is 0 Å². The van der Waals surface area contributed by atoms with E-state index in [1.165, 1.54) is 28.9 Å². The van der Waals surface area contributed by atoms with E-state index >= 15 is 0 Å². The van der Waals surface area contributed by atoms with Crippen LogP contribution in [0, 0.1) is 17.8 Å². The molecule has 6 atom stereocenters. The molecule has 3 N–H and O–H groups in total. The molecule has 1 aromatic rings. The molecule has 10 nitrogen and oxygen atoms in total. The van der Waals surface area contributed by atoms with Crippen LogP contribution in [0.1, 0.15) is 59.8 Å². The van der Waals surface area contributed by atoms with Crippen LogP contribution in [0.3, 0.4) is 0 Å². The summed E-state index contributed by atoms with van der Waals surface area (Å²) in [7, 11) is -3.63. The number of sulfonamides is 1. The van der Waals surface area contributed by atoms with Crippen LogP contribution in [0.2, 0.25) is 0 Å². The number of hydrogen-bond acceptors (Lipinski definition) is 8. The maximum absolute atomic E-state index is 13.5. The van der Waals surface area contributed by atoms with Crippen molar-refractivity contribution in [2.75, 3.05) is 50.9 Å². The fraction of sp³-hybridized carbons (Fsp3) is 0.750. The molecule has 0 radical (unpaired) electrons. The Labute approximate surface area is 268 Å². The van der Waals surface area contributed by atoms with E-state index in [1.54, 1.807) is 6.92 Å². The summed E-state index contributed by atoms with van der Waals surface area (Å²) in [5.74, 6) is -0.140. The van der Waals surface area contributed by atoms with Crippen molar-refractivity contribution in [3.63, 3.8) is 0 Å². The van der Waals surface area contributed by atoms with Gasteiger partial charge in [0.05, 0.1) is 43.1 Å². The molecule has 248 valence electrons. The first kappa shape index (κ1) is 35.2. The Kier molecular flexibility index (Phi) is 12.6. The zero-order chi connectivity index (χ0) is 31.9. The van der Waals surface area contributed by atoms with Gasteiger partial charge in [-0.1, -0.05) is 44.4 Å². The smallest absolute Gasteiger partial charge is 0.237 e. The minimum Gasteiger partial charge on any atom is -0.390 e. The predicted octanol–water partition coefficient (Wildman–Crippen LogP) is 2.72. The number of likely N-dealkylation sites (tertiary alicyclic amines) is 1. The van der Waals surface area contributed by atoms with E-state index in [-0.39, 0.29) is 42.9 Å². The average molecular weight is 653 g/mol. The number of rotatable bonds is 12. The predicted molar refractivity (Wildman–Crippen MR) is 174 cm³/mol. The molecule has 1 saturated carbocycles. The second-order valence-corrected chi connectivity index (χ2v) is 16.9. The van der Waals surface area contributed by atoms with Crippen molar-refractivity contribution in [1.82, 2.24) is 19.8 Å². The Bertz CT molecular complexity index is 1190. The molecule has 1 aromatic carbocycles. The normalized spacial score (nSPS) is 25.8. The van der Waals surface area contributed by atoms with Gasteiger partial charge in [0.15, 0.2) is 0 Å². The molecule has 2 heterocycles. The van der Waals surface area contributed by atoms with Gasteiger partial charge >= 0.3 is 0 Å². The molecule has 1 aliphatic carbocycles. The second kappa shape index (κ2) is 15.7. The summed E-state index contributed by atoms with van der Waals surface area (Å²) < 4.78 is 32.7. The summed E-state index contributed by atoms with van der Waals surface area (Å²) in [6.07, 6.45) is 4.46. The number of thioether (sulfide) groups is 1. The number of nitrogens with one attached hydrogen (secondary N) is 2. The Morgan fingerprint density at radius 2 is 1.75 bits per heavy atom. The van der Waals surface area contributed by atoms with Gasteiger partial charge in [-0.25, -0.2) is 8.42 Å². The van der Waals surface area contributed by atoms with Crippen LogP contribution in [0.4, 0.5) is 0 Å². The molecule has 12 heteroatoms. The van der Waals surface area contributed by atoms with E-state index in [0.29, 0.717) is 30.8 Å². The van der Waals surface area contributed by atoms with Gasteiger partial charge in [0.2, 0.25) is 21.8 Å². The van der Waals surface area contributed by atoms with Crippen LogP contribution in [-0.4, -0.2) is 109 Å². The molecule has 4 rings (SSSR count). The summed E-state index contributed by atoms with van der Waals surface area (Å²) in [6.45, 7) is 9.78. The van der Waals surface area contributed by atoms with Gasteiger partial charge in [0.25, 0.3) is 0 Å². The van der Waals surface area contributed by atoms with Crippen molar-refractivity contribution in [2.24, 2.45) is 17.8 Å². The highest BCUT2D eigenvalue weighted by Crippen LogP contribution is 2.39. The maximum atomic E-state index is 13.5. The lowest BCUT2D eigenvalue weighted by atomic mass is 9.72. The van der Waals surface area contributed by atoms with Crippen LogP contribution in [0.25, 0.3) is 0 Å². The van der Waals surface area contributed by atoms with Crippen molar-refractivity contribution in [1.29, 1.82) is 0 Å². The monoisotopic (exact) mass is 652 g/mol. The third-order valence-corrected chi connectivity index (χ3v) is 12.2. The van der Waals surface area contributed by atoms with E-state index in [1.807, 2.05) is 51.1 Å². The van der Waals surface area contributed by atoms with Crippen LogP contribution in [0.5, 0.6) is 0 Å². The third kappa shape index (κ3) is 10.2. The van der Waals surface area contributed by atoms with E-state index in [9.17, 15) is 23.1 Å². The van der Waals surface area contributed by atoms with Gasteiger partial charge in [0, 0.05) is 42.4 Å². The highest BCUT2D eigenvalue weighted by Gasteiger charge is 2.42. The van der Waals surface area contributed by atoms with Crippen LogP contribution in [-0.2, 0) is 24.3 Å². The number of β-amino-alcohol motifs (C(OH)–C–C–N with tert-alkyl or cyclic N) is 1. The summed E-state index contributed by atoms with van der Waals surface area (Å²) in [6, 6.07) is 8.79. The maximum Gasteiger partial charge on any atom is 0.237 e. The summed E-state index contributed by atoms with van der Waals surface area (Å²) in [5, 5.41) is 17.8. The topological polar surface area (TPSA) is 128 Å². The molecule has 2 saturated heterocycles. The molecule has 2 amide bonds. The van der Waals surface area contributed by atoms with Gasteiger partial charge in [0.1, 0.15) is 0 Å². The van der Waals surface area contributed by atoms with Gasteiger partial charge in [-0.3, -0.25) is 14.5 Å². The van der Waals surface area contributed by atoms with Crippen LogP contribution in [0.15, 0.2) is 35.2 Å². The first-order valence-electron chi connectivity index (χ1n) is 16.1. The molecule has 44 heavy (non-hydrogen) atoms. The number of hydrogen-bond donors (Lipinski definition) is 3. The van der Waals surface area contributed by atoms with Crippen molar-refractivity contribution >= 4 is 33.6 Å². The Hall–Kier alpha value is -1.70. The molecule has 3 fully saturated rings. The quantitative estimate of drug-likeness (QED) is 0.294. The highest BCUT2D eigenvalue weighted by molar-refractivity contribution is 7.99. The van der Waals surface area contributed by atoms with E-state index in [0.717, 1.165) is 30.7 Å². The molecule has 0 aromatic heterocycles.